The number of benzene rings is 4. The van der Waals surface area contributed by atoms with E-state index in [0.717, 1.165) is 33.5 Å². The quantitative estimate of drug-likeness (QED) is 0.350. The minimum absolute atomic E-state index is 0.215. The van der Waals surface area contributed by atoms with Crippen LogP contribution in [0.4, 0.5) is 5.69 Å². The maximum absolute atomic E-state index is 11.2. The van der Waals surface area contributed by atoms with Crippen LogP contribution in [-0.2, 0) is 0 Å². The van der Waals surface area contributed by atoms with E-state index in [4.69, 9.17) is 24.0 Å². The molecule has 0 bridgehead atoms. The third-order valence-corrected chi connectivity index (χ3v) is 6.53. The maximum atomic E-state index is 11.2. The molecule has 7 heteroatoms. The molecule has 1 N–H and O–H groups in total. The molecule has 0 saturated carbocycles. The van der Waals surface area contributed by atoms with Crippen molar-refractivity contribution in [3.8, 4) is 28.7 Å². The standard InChI is InChI=1S/C29H28N2O5/c1-33-20-10-7-9-19(14-20)31-25(28-26(35-3)15-21(34-2)16-27(28)36-4)17-24(30-31)23-13-12-18-8-5-6-11-22(18)29(23)32/h5-16,25,32H,17H2,1-4H3. The summed E-state index contributed by atoms with van der Waals surface area (Å²) in [6, 6.07) is 22.8. The molecule has 184 valence electrons. The molecule has 0 radical (unpaired) electrons. The first kappa shape index (κ1) is 23.4. The molecule has 7 nitrogen and oxygen atoms in total. The average molecular weight is 485 g/mol. The second-order valence-electron chi connectivity index (χ2n) is 8.44. The molecule has 36 heavy (non-hydrogen) atoms. The van der Waals surface area contributed by atoms with E-state index < -0.39 is 0 Å². The molecule has 0 aliphatic carbocycles. The van der Waals surface area contributed by atoms with Crippen molar-refractivity contribution in [3.63, 3.8) is 0 Å². The van der Waals surface area contributed by atoms with Gasteiger partial charge in [-0.1, -0.05) is 36.4 Å². The third-order valence-electron chi connectivity index (χ3n) is 6.53. The summed E-state index contributed by atoms with van der Waals surface area (Å²) in [5, 5.41) is 19.9. The van der Waals surface area contributed by atoms with E-state index in [0.29, 0.717) is 29.2 Å². The van der Waals surface area contributed by atoms with Gasteiger partial charge in [-0.25, -0.2) is 0 Å². The van der Waals surface area contributed by atoms with E-state index in [-0.39, 0.29) is 11.8 Å². The summed E-state index contributed by atoms with van der Waals surface area (Å²) in [5.41, 5.74) is 3.12. The molecule has 0 amide bonds. The summed E-state index contributed by atoms with van der Waals surface area (Å²) in [6.45, 7) is 0. The van der Waals surface area contributed by atoms with Crippen LogP contribution in [0.15, 0.2) is 77.9 Å². The lowest BCUT2D eigenvalue weighted by molar-refractivity contribution is 0.364. The lowest BCUT2D eigenvalue weighted by Crippen LogP contribution is -2.20. The van der Waals surface area contributed by atoms with E-state index in [1.54, 1.807) is 28.4 Å². The fourth-order valence-corrected chi connectivity index (χ4v) is 4.74. The van der Waals surface area contributed by atoms with Crippen LogP contribution in [-0.4, -0.2) is 39.3 Å². The highest BCUT2D eigenvalue weighted by molar-refractivity contribution is 6.09. The van der Waals surface area contributed by atoms with Crippen LogP contribution < -0.4 is 24.0 Å². The van der Waals surface area contributed by atoms with Crippen LogP contribution in [0.3, 0.4) is 0 Å². The molecule has 0 spiro atoms. The Labute approximate surface area is 210 Å². The highest BCUT2D eigenvalue weighted by atomic mass is 16.5. The first-order valence-electron chi connectivity index (χ1n) is 11.6. The Balaban J connectivity index is 1.68. The fraction of sp³-hybridized carbons (Fsp3) is 0.207. The summed E-state index contributed by atoms with van der Waals surface area (Å²) in [5.74, 6) is 2.82. The van der Waals surface area contributed by atoms with Gasteiger partial charge in [0.2, 0.25) is 0 Å². The van der Waals surface area contributed by atoms with Gasteiger partial charge in [0.05, 0.1) is 51.4 Å². The second kappa shape index (κ2) is 9.70. The van der Waals surface area contributed by atoms with Gasteiger partial charge in [0, 0.05) is 35.6 Å². The monoisotopic (exact) mass is 484 g/mol. The number of hydrazone groups is 1. The number of phenols is 1. The highest BCUT2D eigenvalue weighted by Crippen LogP contribution is 2.47. The molecule has 1 aliphatic rings. The van der Waals surface area contributed by atoms with Crippen LogP contribution in [0, 0.1) is 0 Å². The van der Waals surface area contributed by atoms with Gasteiger partial charge in [-0.05, 0) is 23.6 Å². The van der Waals surface area contributed by atoms with Gasteiger partial charge in [-0.2, -0.15) is 5.10 Å². The van der Waals surface area contributed by atoms with Crippen LogP contribution in [0.25, 0.3) is 10.8 Å². The predicted molar refractivity (Wildman–Crippen MR) is 141 cm³/mol. The van der Waals surface area contributed by atoms with Crippen LogP contribution in [0.2, 0.25) is 0 Å². The van der Waals surface area contributed by atoms with Crippen LogP contribution in [0.5, 0.6) is 28.7 Å². The second-order valence-corrected chi connectivity index (χ2v) is 8.44. The van der Waals surface area contributed by atoms with Crippen molar-refractivity contribution in [1.82, 2.24) is 0 Å². The summed E-state index contributed by atoms with van der Waals surface area (Å²) in [4.78, 5) is 0. The minimum atomic E-state index is -0.270. The van der Waals surface area contributed by atoms with Gasteiger partial charge in [0.15, 0.2) is 0 Å². The number of ether oxygens (including phenoxy) is 4. The molecule has 1 aliphatic heterocycles. The van der Waals surface area contributed by atoms with Crippen LogP contribution in [0.1, 0.15) is 23.6 Å². The number of methoxy groups -OCH3 is 4. The first-order chi connectivity index (χ1) is 17.6. The normalized spacial score (nSPS) is 15.1. The largest absolute Gasteiger partial charge is 0.507 e. The van der Waals surface area contributed by atoms with Crippen molar-refractivity contribution in [2.24, 2.45) is 5.10 Å². The van der Waals surface area contributed by atoms with Crippen molar-refractivity contribution in [3.05, 3.63) is 83.9 Å². The van der Waals surface area contributed by atoms with Gasteiger partial charge >= 0.3 is 0 Å². The molecule has 0 aromatic heterocycles. The zero-order valence-corrected chi connectivity index (χ0v) is 20.7. The Kier molecular flexibility index (Phi) is 6.29. The van der Waals surface area contributed by atoms with Gasteiger partial charge < -0.3 is 24.1 Å². The molecular formula is C29H28N2O5. The number of hydrogen-bond donors (Lipinski definition) is 1. The average Bonchev–Trinajstić information content (AvgIpc) is 3.37. The topological polar surface area (TPSA) is 72.8 Å². The summed E-state index contributed by atoms with van der Waals surface area (Å²) in [7, 11) is 6.49. The maximum Gasteiger partial charge on any atom is 0.132 e. The molecule has 4 aromatic carbocycles. The summed E-state index contributed by atoms with van der Waals surface area (Å²) >= 11 is 0. The number of anilines is 1. The van der Waals surface area contributed by atoms with Gasteiger partial charge in [0.1, 0.15) is 28.7 Å². The van der Waals surface area contributed by atoms with Gasteiger partial charge in [0.25, 0.3) is 0 Å². The molecule has 0 saturated heterocycles. The number of fused-ring (bicyclic) bond motifs is 1. The van der Waals surface area contributed by atoms with Gasteiger partial charge in [-0.3, -0.25) is 5.01 Å². The van der Waals surface area contributed by atoms with Gasteiger partial charge in [-0.15, -0.1) is 0 Å². The Morgan fingerprint density at radius 3 is 2.19 bits per heavy atom. The van der Waals surface area contributed by atoms with E-state index in [9.17, 15) is 5.11 Å². The molecular weight excluding hydrogens is 456 g/mol. The highest BCUT2D eigenvalue weighted by Gasteiger charge is 2.36. The van der Waals surface area contributed by atoms with E-state index in [2.05, 4.69) is 0 Å². The summed E-state index contributed by atoms with van der Waals surface area (Å²) in [6.07, 6.45) is 0.516. The van der Waals surface area contributed by atoms with E-state index >= 15 is 0 Å². The zero-order chi connectivity index (χ0) is 25.2. The van der Waals surface area contributed by atoms with E-state index in [1.807, 2.05) is 77.8 Å². The molecule has 5 rings (SSSR count). The third kappa shape index (κ3) is 4.02. The SMILES string of the molecule is COc1cccc(N2N=C(c3ccc4ccccc4c3O)CC2c2c(OC)cc(OC)cc2OC)c1. The molecule has 0 fully saturated rings. The fourth-order valence-electron chi connectivity index (χ4n) is 4.74. The lowest BCUT2D eigenvalue weighted by Gasteiger charge is -2.27. The molecule has 4 aromatic rings. The molecule has 1 atom stereocenters. The lowest BCUT2D eigenvalue weighted by atomic mass is 9.94. The Bertz CT molecular complexity index is 1420. The van der Waals surface area contributed by atoms with Crippen molar-refractivity contribution in [2.45, 2.75) is 12.5 Å². The number of hydrogen-bond acceptors (Lipinski definition) is 7. The smallest absolute Gasteiger partial charge is 0.132 e. The number of rotatable bonds is 7. The minimum Gasteiger partial charge on any atom is -0.507 e. The molecule has 1 unspecified atom stereocenters. The zero-order valence-electron chi connectivity index (χ0n) is 20.7. The summed E-state index contributed by atoms with van der Waals surface area (Å²) < 4.78 is 22.5. The first-order valence-corrected chi connectivity index (χ1v) is 11.6. The van der Waals surface area contributed by atoms with E-state index in [1.165, 1.54) is 0 Å². The molecule has 1 heterocycles. The van der Waals surface area contributed by atoms with Crippen LogP contribution >= 0.6 is 0 Å². The van der Waals surface area contributed by atoms with Crippen molar-refractivity contribution in [2.75, 3.05) is 33.4 Å². The van der Waals surface area contributed by atoms with Crippen molar-refractivity contribution >= 4 is 22.2 Å². The Hall–Kier alpha value is -4.39. The predicted octanol–water partition coefficient (Wildman–Crippen LogP) is 5.94. The van der Waals surface area contributed by atoms with Crippen molar-refractivity contribution < 1.29 is 24.1 Å². The Morgan fingerprint density at radius 2 is 1.50 bits per heavy atom. The Morgan fingerprint density at radius 1 is 0.778 bits per heavy atom. The number of aromatic hydroxyl groups is 1. The van der Waals surface area contributed by atoms with Crippen molar-refractivity contribution in [1.29, 1.82) is 0 Å². The number of phenolic OH excluding ortho intramolecular Hbond substituents is 1. The number of nitrogens with zero attached hydrogens (tertiary/aromatic N) is 2.